The lowest BCUT2D eigenvalue weighted by molar-refractivity contribution is 0.303. The summed E-state index contributed by atoms with van der Waals surface area (Å²) in [6, 6.07) is 19.8. The fourth-order valence-corrected chi connectivity index (χ4v) is 3.21. The molecule has 0 unspecified atom stereocenters. The smallest absolute Gasteiger partial charge is 0.123 e. The lowest BCUT2D eigenvalue weighted by Crippen LogP contribution is -2.45. The van der Waals surface area contributed by atoms with Crippen molar-refractivity contribution in [2.45, 2.75) is 31.5 Å². The number of ether oxygens (including phenoxy) is 1. The zero-order valence-electron chi connectivity index (χ0n) is 13.1. The number of benzene rings is 2. The largest absolute Gasteiger partial charge is 0.496 e. The summed E-state index contributed by atoms with van der Waals surface area (Å²) < 4.78 is 5.44. The van der Waals surface area contributed by atoms with Crippen molar-refractivity contribution in [1.82, 2.24) is 10.6 Å². The summed E-state index contributed by atoms with van der Waals surface area (Å²) in [6.07, 6.45) is 2.41. The third kappa shape index (κ3) is 3.49. The van der Waals surface area contributed by atoms with E-state index in [-0.39, 0.29) is 0 Å². The van der Waals surface area contributed by atoms with Gasteiger partial charge < -0.3 is 15.4 Å². The molecule has 1 aliphatic heterocycles. The SMILES string of the molecule is [11CH3]Oc1ccccc1CN[C@H]1CCCN[C@H]1c1ccccc1. The number of hydrogen-bond acceptors (Lipinski definition) is 3. The maximum Gasteiger partial charge on any atom is 0.123 e. The second-order valence-corrected chi connectivity index (χ2v) is 5.78. The molecule has 3 rings (SSSR count). The highest BCUT2D eigenvalue weighted by Crippen LogP contribution is 2.25. The summed E-state index contributed by atoms with van der Waals surface area (Å²) in [5, 5.41) is 7.38. The third-order valence-electron chi connectivity index (χ3n) is 4.36. The van der Waals surface area contributed by atoms with Crippen LogP contribution in [0.4, 0.5) is 0 Å². The van der Waals surface area contributed by atoms with Crippen LogP contribution < -0.4 is 15.4 Å². The lowest BCUT2D eigenvalue weighted by Gasteiger charge is -2.34. The van der Waals surface area contributed by atoms with Gasteiger partial charge in [0.25, 0.3) is 0 Å². The summed E-state index contributed by atoms with van der Waals surface area (Å²) in [5.41, 5.74) is 2.57. The molecule has 0 radical (unpaired) electrons. The van der Waals surface area contributed by atoms with Crippen LogP contribution >= 0.6 is 0 Å². The molecule has 1 fully saturated rings. The molecule has 1 saturated heterocycles. The van der Waals surface area contributed by atoms with E-state index < -0.39 is 0 Å². The first-order valence-corrected chi connectivity index (χ1v) is 8.02. The molecule has 2 aromatic carbocycles. The molecule has 0 aliphatic carbocycles. The van der Waals surface area contributed by atoms with Crippen molar-refractivity contribution >= 4 is 0 Å². The fourth-order valence-electron chi connectivity index (χ4n) is 3.21. The second kappa shape index (κ2) is 7.43. The maximum atomic E-state index is 5.44. The molecule has 0 saturated carbocycles. The first kappa shape index (κ1) is 15.1. The Kier molecular flexibility index (Phi) is 5.09. The number of para-hydroxylation sites is 1. The summed E-state index contributed by atoms with van der Waals surface area (Å²) in [5.74, 6) is 0.954. The van der Waals surface area contributed by atoms with E-state index in [2.05, 4.69) is 53.1 Å². The molecule has 2 atom stereocenters. The Labute approximate surface area is 132 Å². The quantitative estimate of drug-likeness (QED) is 0.888. The first-order valence-electron chi connectivity index (χ1n) is 8.02. The predicted molar refractivity (Wildman–Crippen MR) is 90.0 cm³/mol. The minimum Gasteiger partial charge on any atom is -0.496 e. The zero-order chi connectivity index (χ0) is 15.2. The Balaban J connectivity index is 1.69. The van der Waals surface area contributed by atoms with Gasteiger partial charge in [0.1, 0.15) is 5.75 Å². The van der Waals surface area contributed by atoms with E-state index >= 15 is 0 Å². The molecule has 116 valence electrons. The van der Waals surface area contributed by atoms with Crippen LogP contribution in [0.15, 0.2) is 54.6 Å². The van der Waals surface area contributed by atoms with Crippen LogP contribution in [-0.4, -0.2) is 19.7 Å². The molecule has 0 spiro atoms. The highest BCUT2D eigenvalue weighted by atomic mass is 16.4. The van der Waals surface area contributed by atoms with Gasteiger partial charge in [-0.1, -0.05) is 48.5 Å². The normalized spacial score (nSPS) is 21.5. The summed E-state index contributed by atoms with van der Waals surface area (Å²) in [6.45, 7) is 1.92. The Morgan fingerprint density at radius 2 is 1.86 bits per heavy atom. The highest BCUT2D eigenvalue weighted by molar-refractivity contribution is 5.33. The van der Waals surface area contributed by atoms with Gasteiger partial charge >= 0.3 is 0 Å². The molecular formula is C19H24N2O. The van der Waals surface area contributed by atoms with Crippen LogP contribution in [0.1, 0.15) is 30.0 Å². The van der Waals surface area contributed by atoms with Crippen LogP contribution in [0, 0.1) is 0 Å². The van der Waals surface area contributed by atoms with E-state index in [1.165, 1.54) is 24.0 Å². The van der Waals surface area contributed by atoms with Gasteiger partial charge in [-0.2, -0.15) is 0 Å². The van der Waals surface area contributed by atoms with Gasteiger partial charge in [-0.15, -0.1) is 0 Å². The van der Waals surface area contributed by atoms with Gasteiger partial charge in [0.15, 0.2) is 0 Å². The van der Waals surface area contributed by atoms with Crippen molar-refractivity contribution in [2.75, 3.05) is 13.7 Å². The van der Waals surface area contributed by atoms with E-state index in [0.29, 0.717) is 12.1 Å². The topological polar surface area (TPSA) is 33.3 Å². The van der Waals surface area contributed by atoms with Gasteiger partial charge in [-0.05, 0) is 31.0 Å². The molecule has 22 heavy (non-hydrogen) atoms. The number of piperidine rings is 1. The van der Waals surface area contributed by atoms with Crippen LogP contribution in [0.3, 0.4) is 0 Å². The van der Waals surface area contributed by atoms with Crippen molar-refractivity contribution in [3.63, 3.8) is 0 Å². The molecule has 3 heteroatoms. The average molecular weight is 295 g/mol. The van der Waals surface area contributed by atoms with E-state index in [1.807, 2.05) is 12.1 Å². The number of nitrogens with one attached hydrogen (secondary N) is 2. The zero-order valence-corrected chi connectivity index (χ0v) is 13.1. The van der Waals surface area contributed by atoms with E-state index in [1.54, 1.807) is 7.11 Å². The molecular weight excluding hydrogens is 271 g/mol. The van der Waals surface area contributed by atoms with Crippen molar-refractivity contribution < 1.29 is 4.74 Å². The molecule has 0 aromatic heterocycles. The molecule has 2 aromatic rings. The van der Waals surface area contributed by atoms with Crippen molar-refractivity contribution in [1.29, 1.82) is 0 Å². The summed E-state index contributed by atoms with van der Waals surface area (Å²) in [7, 11) is 1.73. The first-order chi connectivity index (χ1) is 10.9. The average Bonchev–Trinajstić information content (AvgIpc) is 2.61. The molecule has 3 nitrogen and oxygen atoms in total. The minimum atomic E-state index is 0.379. The minimum absolute atomic E-state index is 0.379. The number of hydrogen-bond donors (Lipinski definition) is 2. The number of methoxy groups -OCH3 is 1. The second-order valence-electron chi connectivity index (χ2n) is 5.78. The van der Waals surface area contributed by atoms with Crippen LogP contribution in [0.5, 0.6) is 5.75 Å². The Bertz CT molecular complexity index is 585. The fraction of sp³-hybridized carbons (Fsp3) is 0.368. The summed E-state index contributed by atoms with van der Waals surface area (Å²) in [4.78, 5) is 0. The standard InChI is InChI=1S/C19H24N2O/c1-22-18-12-6-5-10-16(18)14-21-17-11-7-13-20-19(17)15-8-3-2-4-9-15/h2-6,8-10,12,17,19-21H,7,11,13-14H2,1H3/t17-,19-/m0/s1/i1-1. The van der Waals surface area contributed by atoms with Crippen molar-refractivity contribution in [3.05, 3.63) is 65.7 Å². The molecule has 1 aliphatic rings. The summed E-state index contributed by atoms with van der Waals surface area (Å²) >= 11 is 0. The maximum absolute atomic E-state index is 5.44. The van der Waals surface area contributed by atoms with E-state index in [0.717, 1.165) is 18.8 Å². The van der Waals surface area contributed by atoms with Crippen molar-refractivity contribution in [2.24, 2.45) is 0 Å². The Morgan fingerprint density at radius 1 is 1.09 bits per heavy atom. The Morgan fingerprint density at radius 3 is 2.68 bits per heavy atom. The molecule has 2 N–H and O–H groups in total. The van der Waals surface area contributed by atoms with Crippen LogP contribution in [-0.2, 0) is 6.54 Å². The molecule has 0 amide bonds. The van der Waals surface area contributed by atoms with Gasteiger partial charge in [0.2, 0.25) is 0 Å². The van der Waals surface area contributed by atoms with Gasteiger partial charge in [-0.25, -0.2) is 0 Å². The van der Waals surface area contributed by atoms with Gasteiger partial charge in [0, 0.05) is 24.2 Å². The van der Waals surface area contributed by atoms with E-state index in [9.17, 15) is 0 Å². The van der Waals surface area contributed by atoms with Crippen LogP contribution in [0.2, 0.25) is 0 Å². The van der Waals surface area contributed by atoms with Gasteiger partial charge in [-0.3, -0.25) is 0 Å². The highest BCUT2D eigenvalue weighted by Gasteiger charge is 2.25. The monoisotopic (exact) mass is 295 g/mol. The van der Waals surface area contributed by atoms with Crippen LogP contribution in [0.25, 0.3) is 0 Å². The predicted octanol–water partition coefficient (Wildman–Crippen LogP) is 3.28. The molecule has 1 heterocycles. The van der Waals surface area contributed by atoms with Gasteiger partial charge in [0.05, 0.1) is 7.11 Å². The lowest BCUT2D eigenvalue weighted by atomic mass is 9.92. The molecule has 0 bridgehead atoms. The van der Waals surface area contributed by atoms with Crippen molar-refractivity contribution in [3.8, 4) is 5.75 Å². The Hall–Kier alpha value is -1.84. The number of rotatable bonds is 5. The van der Waals surface area contributed by atoms with E-state index in [4.69, 9.17) is 4.74 Å². The third-order valence-corrected chi connectivity index (χ3v) is 4.36.